The van der Waals surface area contributed by atoms with Crippen LogP contribution in [0.3, 0.4) is 0 Å². The summed E-state index contributed by atoms with van der Waals surface area (Å²) in [6, 6.07) is 1.40. The summed E-state index contributed by atoms with van der Waals surface area (Å²) in [4.78, 5) is 45.2. The first-order valence-electron chi connectivity index (χ1n) is 12.6. The lowest BCUT2D eigenvalue weighted by Gasteiger charge is -2.61. The van der Waals surface area contributed by atoms with Crippen molar-refractivity contribution in [2.45, 2.75) is 84.1 Å². The molecular formula is C27H38N2O5S. The fraction of sp³-hybridized carbons (Fsp3) is 0.704. The monoisotopic (exact) mass is 502 g/mol. The third kappa shape index (κ3) is 4.20. The van der Waals surface area contributed by atoms with Gasteiger partial charge in [-0.2, -0.15) is 0 Å². The molecule has 0 aliphatic heterocycles. The number of rotatable bonds is 5. The molecule has 1 heterocycles. The maximum Gasteiger partial charge on any atom is 0.316 e. The molecule has 3 aliphatic rings. The molecule has 2 bridgehead atoms. The Morgan fingerprint density at radius 2 is 2.06 bits per heavy atom. The van der Waals surface area contributed by atoms with Gasteiger partial charge in [0.2, 0.25) is 0 Å². The number of carbonyl (C=O) groups is 2. The van der Waals surface area contributed by atoms with Crippen LogP contribution in [-0.2, 0) is 14.3 Å². The summed E-state index contributed by atoms with van der Waals surface area (Å²) in [6.07, 6.45) is 4.07. The van der Waals surface area contributed by atoms with Gasteiger partial charge in [-0.05, 0) is 49.9 Å². The summed E-state index contributed by atoms with van der Waals surface area (Å²) in [7, 11) is 0. The van der Waals surface area contributed by atoms with Gasteiger partial charge >= 0.3 is 5.97 Å². The van der Waals surface area contributed by atoms with E-state index < -0.39 is 29.0 Å². The lowest BCUT2D eigenvalue weighted by molar-refractivity contribution is -0.205. The number of esters is 1. The summed E-state index contributed by atoms with van der Waals surface area (Å²) in [5.74, 6) is -0.338. The second-order valence-electron chi connectivity index (χ2n) is 11.5. The number of aryl methyl sites for hydroxylation is 1. The van der Waals surface area contributed by atoms with Gasteiger partial charge in [-0.1, -0.05) is 45.5 Å². The highest BCUT2D eigenvalue weighted by molar-refractivity contribution is 7.99. The van der Waals surface area contributed by atoms with Crippen LogP contribution < -0.4 is 5.56 Å². The fourth-order valence-corrected chi connectivity index (χ4v) is 8.15. The summed E-state index contributed by atoms with van der Waals surface area (Å²) < 4.78 is 6.21. The van der Waals surface area contributed by atoms with E-state index in [4.69, 9.17) is 4.74 Å². The molecule has 0 unspecified atom stereocenters. The Balaban J connectivity index is 1.68. The molecular weight excluding hydrogens is 464 g/mol. The molecule has 3 fully saturated rings. The van der Waals surface area contributed by atoms with Crippen LogP contribution in [-0.4, -0.2) is 44.8 Å². The normalized spacial score (nSPS) is 41.0. The molecule has 0 aromatic carbocycles. The number of aliphatic hydroxyl groups is 1. The molecule has 3 saturated carbocycles. The van der Waals surface area contributed by atoms with E-state index in [0.29, 0.717) is 23.7 Å². The van der Waals surface area contributed by atoms with E-state index in [2.05, 4.69) is 37.3 Å². The number of hydrogen-bond acceptors (Lipinski definition) is 7. The lowest BCUT2D eigenvalue weighted by atomic mass is 9.44. The van der Waals surface area contributed by atoms with Gasteiger partial charge in [0.25, 0.3) is 5.56 Å². The number of aromatic amines is 1. The van der Waals surface area contributed by atoms with E-state index >= 15 is 0 Å². The van der Waals surface area contributed by atoms with Crippen molar-refractivity contribution in [2.24, 2.45) is 34.0 Å². The molecule has 35 heavy (non-hydrogen) atoms. The van der Waals surface area contributed by atoms with Gasteiger partial charge in [-0.25, -0.2) is 4.98 Å². The standard InChI is InChI=1S/C27H38N2O5S/c1-7-25(5)13-19(34-21(32)14-35-24-28-16(3)12-20(31)29-24)26(6)15(2)8-10-27(17(4)23(25)33)11-9-18(30)22(26)27/h7,12,15,17,19,22-23,33H,1,8-11,13-14H2,2-6H3,(H,28,29,31)/t15-,17+,19-,22+,23+,25-,26-,27+/m1/s1. The molecule has 4 rings (SSSR count). The van der Waals surface area contributed by atoms with Crippen LogP contribution >= 0.6 is 11.8 Å². The number of aliphatic hydroxyl groups excluding tert-OH is 1. The number of nitrogens with one attached hydrogen (secondary N) is 1. The zero-order valence-electron chi connectivity index (χ0n) is 21.4. The lowest BCUT2D eigenvalue weighted by Crippen LogP contribution is -2.63. The summed E-state index contributed by atoms with van der Waals surface area (Å²) in [5.41, 5.74) is -1.19. The number of aromatic nitrogens is 2. The summed E-state index contributed by atoms with van der Waals surface area (Å²) >= 11 is 1.13. The Morgan fingerprint density at radius 3 is 2.71 bits per heavy atom. The van der Waals surface area contributed by atoms with Crippen molar-refractivity contribution in [3.63, 3.8) is 0 Å². The number of nitrogens with zero attached hydrogens (tertiary/aromatic N) is 1. The minimum atomic E-state index is -0.691. The van der Waals surface area contributed by atoms with E-state index in [9.17, 15) is 19.5 Å². The Morgan fingerprint density at radius 1 is 1.34 bits per heavy atom. The van der Waals surface area contributed by atoms with Crippen molar-refractivity contribution < 1.29 is 19.4 Å². The highest BCUT2D eigenvalue weighted by atomic mass is 32.2. The molecule has 2 N–H and O–H groups in total. The average molecular weight is 503 g/mol. The van der Waals surface area contributed by atoms with Gasteiger partial charge < -0.3 is 14.8 Å². The van der Waals surface area contributed by atoms with Crippen molar-refractivity contribution >= 4 is 23.5 Å². The van der Waals surface area contributed by atoms with Crippen molar-refractivity contribution in [3.8, 4) is 0 Å². The van der Waals surface area contributed by atoms with E-state index in [1.165, 1.54) is 6.07 Å². The van der Waals surface area contributed by atoms with Gasteiger partial charge in [0.1, 0.15) is 11.9 Å². The number of H-pyrrole nitrogens is 1. The Bertz CT molecular complexity index is 1090. The summed E-state index contributed by atoms with van der Waals surface area (Å²) in [5, 5.41) is 11.9. The topological polar surface area (TPSA) is 109 Å². The van der Waals surface area contributed by atoms with Crippen LogP contribution in [0.5, 0.6) is 0 Å². The molecule has 192 valence electrons. The van der Waals surface area contributed by atoms with E-state index in [-0.39, 0.29) is 40.3 Å². The highest BCUT2D eigenvalue weighted by Gasteiger charge is 2.68. The largest absolute Gasteiger partial charge is 0.461 e. The SMILES string of the molecule is C=C[C@]1(C)C[C@@H](OC(=O)CSc2nc(C)cc(=O)[nH]2)[C@@]2(C)[C@H](C)CC[C@]3(CCC(=O)[C@H]32)[C@@H](C)[C@@H]1O. The van der Waals surface area contributed by atoms with Crippen LogP contribution in [0, 0.1) is 40.9 Å². The molecule has 1 aromatic rings. The predicted octanol–water partition coefficient (Wildman–Crippen LogP) is 4.08. The maximum atomic E-state index is 13.4. The number of Topliss-reactive ketones (excluding diaryl/α,β-unsaturated/α-hetero) is 1. The van der Waals surface area contributed by atoms with Gasteiger partial charge in [0.05, 0.1) is 11.9 Å². The van der Waals surface area contributed by atoms with E-state index in [1.54, 1.807) is 13.0 Å². The van der Waals surface area contributed by atoms with E-state index in [1.807, 2.05) is 6.92 Å². The summed E-state index contributed by atoms with van der Waals surface area (Å²) in [6.45, 7) is 14.1. The predicted molar refractivity (Wildman–Crippen MR) is 135 cm³/mol. The number of hydrogen-bond donors (Lipinski definition) is 2. The minimum absolute atomic E-state index is 0.0130. The van der Waals surface area contributed by atoms with Crippen LogP contribution in [0.15, 0.2) is 28.7 Å². The highest BCUT2D eigenvalue weighted by Crippen LogP contribution is 2.68. The number of ether oxygens (including phenoxy) is 1. The van der Waals surface area contributed by atoms with Crippen LogP contribution in [0.1, 0.15) is 65.5 Å². The fourth-order valence-electron chi connectivity index (χ4n) is 7.44. The van der Waals surface area contributed by atoms with Gasteiger partial charge in [0.15, 0.2) is 5.16 Å². The zero-order valence-corrected chi connectivity index (χ0v) is 22.2. The van der Waals surface area contributed by atoms with Crippen molar-refractivity contribution in [2.75, 3.05) is 5.75 Å². The van der Waals surface area contributed by atoms with Crippen LogP contribution in [0.25, 0.3) is 0 Å². The molecule has 1 aromatic heterocycles. The van der Waals surface area contributed by atoms with Gasteiger partial charge in [-0.3, -0.25) is 14.4 Å². The molecule has 8 atom stereocenters. The number of ketones is 1. The molecule has 8 heteroatoms. The molecule has 0 amide bonds. The molecule has 0 saturated heterocycles. The first-order valence-corrected chi connectivity index (χ1v) is 13.6. The Labute approximate surface area is 211 Å². The second kappa shape index (κ2) is 9.18. The van der Waals surface area contributed by atoms with Gasteiger partial charge in [-0.15, -0.1) is 6.58 Å². The van der Waals surface area contributed by atoms with Crippen molar-refractivity contribution in [1.29, 1.82) is 0 Å². The van der Waals surface area contributed by atoms with Crippen LogP contribution in [0.2, 0.25) is 0 Å². The number of thioether (sulfide) groups is 1. The Hall–Kier alpha value is -1.93. The molecule has 0 radical (unpaired) electrons. The van der Waals surface area contributed by atoms with Gasteiger partial charge in [0, 0.05) is 34.9 Å². The third-order valence-electron chi connectivity index (χ3n) is 9.75. The molecule has 3 aliphatic carbocycles. The van der Waals surface area contributed by atoms with Crippen LogP contribution in [0.4, 0.5) is 0 Å². The van der Waals surface area contributed by atoms with Crippen molar-refractivity contribution in [1.82, 2.24) is 9.97 Å². The first-order chi connectivity index (χ1) is 16.4. The second-order valence-corrected chi connectivity index (χ2v) is 12.5. The van der Waals surface area contributed by atoms with E-state index in [0.717, 1.165) is 31.0 Å². The first kappa shape index (κ1) is 26.1. The smallest absolute Gasteiger partial charge is 0.316 e. The molecule has 7 nitrogen and oxygen atoms in total. The zero-order chi connectivity index (χ0) is 25.8. The minimum Gasteiger partial charge on any atom is -0.461 e. The number of carbonyl (C=O) groups excluding carboxylic acids is 2. The van der Waals surface area contributed by atoms with Crippen molar-refractivity contribution in [3.05, 3.63) is 34.8 Å². The average Bonchev–Trinajstić information content (AvgIpc) is 3.16. The third-order valence-corrected chi connectivity index (χ3v) is 10.6. The quantitative estimate of drug-likeness (QED) is 0.270. The maximum absolute atomic E-state index is 13.4. The Kier molecular flexibility index (Phi) is 6.86. The molecule has 0 spiro atoms.